The number of aryl methyl sites for hydroxylation is 3. The minimum absolute atomic E-state index is 0.0414. The number of rotatable bonds is 6. The zero-order valence-corrected chi connectivity index (χ0v) is 19.6. The monoisotopic (exact) mass is 461 g/mol. The summed E-state index contributed by atoms with van der Waals surface area (Å²) >= 11 is 0. The highest BCUT2D eigenvalue weighted by atomic mass is 19.1. The van der Waals surface area contributed by atoms with Gasteiger partial charge in [0.1, 0.15) is 17.7 Å². The molecule has 0 spiro atoms. The number of halogens is 2. The Bertz CT molecular complexity index is 1480. The molecule has 0 atom stereocenters. The van der Waals surface area contributed by atoms with Crippen LogP contribution in [-0.4, -0.2) is 0 Å². The molecule has 0 amide bonds. The number of nitrogens with zero attached hydrogens (tertiary/aromatic N) is 1. The second kappa shape index (κ2) is 11.3. The normalized spacial score (nSPS) is 10.8. The Morgan fingerprint density at radius 2 is 1.43 bits per heavy atom. The van der Waals surface area contributed by atoms with Gasteiger partial charge in [0.2, 0.25) is 0 Å². The predicted molar refractivity (Wildman–Crippen MR) is 138 cm³/mol. The highest BCUT2D eigenvalue weighted by Gasteiger charge is 2.07. The molecule has 0 unspecified atom stereocenters. The molecule has 4 rings (SSSR count). The topological polar surface area (TPSA) is 23.8 Å². The molecular formula is C32H25F2N. The molecule has 35 heavy (non-hydrogen) atoms. The molecule has 0 bridgehead atoms. The summed E-state index contributed by atoms with van der Waals surface area (Å²) in [4.78, 5) is 0. The molecule has 0 heterocycles. The summed E-state index contributed by atoms with van der Waals surface area (Å²) in [5, 5.41) is 10.2. The molecular weight excluding hydrogens is 436 g/mol. The van der Waals surface area contributed by atoms with Gasteiger partial charge < -0.3 is 0 Å². The molecule has 4 aromatic rings. The number of hydrogen-bond donors (Lipinski definition) is 0. The van der Waals surface area contributed by atoms with Crippen molar-refractivity contribution in [2.24, 2.45) is 0 Å². The van der Waals surface area contributed by atoms with Gasteiger partial charge in [-0.2, -0.15) is 5.26 Å². The van der Waals surface area contributed by atoms with Crippen molar-refractivity contribution < 1.29 is 8.78 Å². The van der Waals surface area contributed by atoms with Crippen LogP contribution in [0.1, 0.15) is 46.7 Å². The van der Waals surface area contributed by atoms with Gasteiger partial charge in [0.25, 0.3) is 0 Å². The van der Waals surface area contributed by atoms with E-state index in [0.29, 0.717) is 10.9 Å². The molecule has 3 heteroatoms. The van der Waals surface area contributed by atoms with Gasteiger partial charge >= 0.3 is 0 Å². The summed E-state index contributed by atoms with van der Waals surface area (Å²) in [7, 11) is 0. The summed E-state index contributed by atoms with van der Waals surface area (Å²) in [6, 6.07) is 24.0. The van der Waals surface area contributed by atoms with Gasteiger partial charge in [-0.15, -0.1) is 0 Å². The van der Waals surface area contributed by atoms with Crippen LogP contribution in [-0.2, 0) is 19.3 Å². The lowest BCUT2D eigenvalue weighted by Crippen LogP contribution is -1.94. The smallest absolute Gasteiger partial charge is 0.146 e. The van der Waals surface area contributed by atoms with Crippen LogP contribution in [0.2, 0.25) is 0 Å². The van der Waals surface area contributed by atoms with Crippen molar-refractivity contribution in [3.63, 3.8) is 0 Å². The Hall–Kier alpha value is -4.21. The average Bonchev–Trinajstić information content (AvgIpc) is 2.88. The number of nitriles is 1. The van der Waals surface area contributed by atoms with Crippen molar-refractivity contribution in [3.8, 4) is 17.9 Å². The van der Waals surface area contributed by atoms with Crippen LogP contribution < -0.4 is 0 Å². The van der Waals surface area contributed by atoms with E-state index in [2.05, 4.69) is 48.3 Å². The molecule has 1 nitrogen and oxygen atoms in total. The summed E-state index contributed by atoms with van der Waals surface area (Å²) in [5.41, 5.74) is 4.39. The molecule has 0 fully saturated rings. The molecule has 0 aromatic heterocycles. The Kier molecular flexibility index (Phi) is 7.71. The minimum atomic E-state index is -0.633. The first-order chi connectivity index (χ1) is 17.1. The Morgan fingerprint density at radius 3 is 2.14 bits per heavy atom. The van der Waals surface area contributed by atoms with E-state index >= 15 is 4.39 Å². The van der Waals surface area contributed by atoms with Gasteiger partial charge in [-0.3, -0.25) is 0 Å². The van der Waals surface area contributed by atoms with E-state index in [1.165, 1.54) is 23.3 Å². The van der Waals surface area contributed by atoms with Crippen molar-refractivity contribution in [1.82, 2.24) is 0 Å². The lowest BCUT2D eigenvalue weighted by molar-refractivity contribution is 0.623. The van der Waals surface area contributed by atoms with Gasteiger partial charge in [0, 0.05) is 10.9 Å². The molecule has 0 aliphatic carbocycles. The van der Waals surface area contributed by atoms with Crippen molar-refractivity contribution in [2.75, 3.05) is 0 Å². The van der Waals surface area contributed by atoms with Gasteiger partial charge in [0.05, 0.1) is 11.1 Å². The highest BCUT2D eigenvalue weighted by molar-refractivity contribution is 5.85. The molecule has 172 valence electrons. The zero-order chi connectivity index (χ0) is 24.6. The third kappa shape index (κ3) is 6.03. The van der Waals surface area contributed by atoms with Crippen molar-refractivity contribution in [2.45, 2.75) is 32.6 Å². The van der Waals surface area contributed by atoms with Crippen LogP contribution in [0.5, 0.6) is 0 Å². The van der Waals surface area contributed by atoms with Crippen molar-refractivity contribution >= 4 is 10.8 Å². The Morgan fingerprint density at radius 1 is 0.743 bits per heavy atom. The van der Waals surface area contributed by atoms with Gasteiger partial charge in [-0.1, -0.05) is 72.5 Å². The van der Waals surface area contributed by atoms with E-state index in [0.717, 1.165) is 36.6 Å². The van der Waals surface area contributed by atoms with E-state index in [4.69, 9.17) is 5.26 Å². The zero-order valence-electron chi connectivity index (χ0n) is 19.6. The Labute approximate surface area is 205 Å². The molecule has 0 saturated carbocycles. The lowest BCUT2D eigenvalue weighted by Gasteiger charge is -2.07. The molecule has 4 aromatic carbocycles. The third-order valence-electron chi connectivity index (χ3n) is 6.01. The van der Waals surface area contributed by atoms with Crippen LogP contribution in [0, 0.1) is 34.8 Å². The largest absolute Gasteiger partial charge is 0.206 e. The highest BCUT2D eigenvalue weighted by Crippen LogP contribution is 2.23. The lowest BCUT2D eigenvalue weighted by atomic mass is 9.98. The number of fused-ring (bicyclic) bond motifs is 1. The van der Waals surface area contributed by atoms with Crippen LogP contribution in [0.3, 0.4) is 0 Å². The van der Waals surface area contributed by atoms with Gasteiger partial charge in [-0.25, -0.2) is 8.78 Å². The van der Waals surface area contributed by atoms with Crippen LogP contribution in [0.15, 0.2) is 84.9 Å². The Balaban J connectivity index is 1.45. The summed E-state index contributed by atoms with van der Waals surface area (Å²) in [5.74, 6) is 4.56. The molecule has 0 aliphatic rings. The summed E-state index contributed by atoms with van der Waals surface area (Å²) in [6.07, 6.45) is 8.18. The van der Waals surface area contributed by atoms with E-state index < -0.39 is 5.82 Å². The quantitative estimate of drug-likeness (QED) is 0.213. The van der Waals surface area contributed by atoms with E-state index in [1.807, 2.05) is 25.1 Å². The molecule has 0 aliphatic heterocycles. The fraction of sp³-hybridized carbons (Fsp3) is 0.156. The summed E-state index contributed by atoms with van der Waals surface area (Å²) in [6.45, 7) is 2.04. The van der Waals surface area contributed by atoms with Crippen molar-refractivity contribution in [3.05, 3.63) is 130 Å². The van der Waals surface area contributed by atoms with E-state index in [9.17, 15) is 4.39 Å². The number of allylic oxidation sites excluding steroid dienone is 2. The van der Waals surface area contributed by atoms with Crippen molar-refractivity contribution in [1.29, 1.82) is 5.26 Å². The van der Waals surface area contributed by atoms with E-state index in [1.54, 1.807) is 24.3 Å². The SMILES string of the molecule is C/C=C/CCc1ccc(CCc2ccc3c(F)c(C#Cc4ccc(C#N)c(F)c4)ccc3c2)cc1. The maximum absolute atomic E-state index is 15.1. The number of hydrogen-bond acceptors (Lipinski definition) is 1. The predicted octanol–water partition coefficient (Wildman–Crippen LogP) is 7.68. The first-order valence-corrected chi connectivity index (χ1v) is 11.7. The van der Waals surface area contributed by atoms with Crippen LogP contribution >= 0.6 is 0 Å². The maximum atomic E-state index is 15.1. The second-order valence-corrected chi connectivity index (χ2v) is 8.46. The average molecular weight is 462 g/mol. The van der Waals surface area contributed by atoms with Crippen LogP contribution in [0.4, 0.5) is 8.78 Å². The fourth-order valence-corrected chi connectivity index (χ4v) is 3.99. The fourth-order valence-electron chi connectivity index (χ4n) is 3.99. The van der Waals surface area contributed by atoms with E-state index in [-0.39, 0.29) is 16.9 Å². The van der Waals surface area contributed by atoms with Gasteiger partial charge in [-0.05, 0) is 78.9 Å². The molecule has 0 radical (unpaired) electrons. The standard InChI is InChI=1S/C32H25F2N/c1-2-3-4-5-23-6-8-24(9-7-23)10-11-25-14-19-30-28(20-25)18-17-27(32(30)34)15-12-26-13-16-29(22-35)31(33)21-26/h2-3,6-9,13-14,16-21H,4-5,10-11H2,1H3/b3-2+. The second-order valence-electron chi connectivity index (χ2n) is 8.46. The first kappa shape index (κ1) is 23.9. The van der Waals surface area contributed by atoms with Crippen LogP contribution in [0.25, 0.3) is 10.8 Å². The van der Waals surface area contributed by atoms with Gasteiger partial charge in [0.15, 0.2) is 0 Å². The first-order valence-electron chi connectivity index (χ1n) is 11.7. The molecule has 0 saturated heterocycles. The number of benzene rings is 4. The molecule has 0 N–H and O–H groups in total. The minimum Gasteiger partial charge on any atom is -0.206 e. The summed E-state index contributed by atoms with van der Waals surface area (Å²) < 4.78 is 28.9. The maximum Gasteiger partial charge on any atom is 0.146 e. The third-order valence-corrected chi connectivity index (χ3v) is 6.01.